The van der Waals surface area contributed by atoms with Crippen LogP contribution < -0.4 is 20.8 Å². The lowest BCUT2D eigenvalue weighted by Crippen LogP contribution is -2.53. The predicted octanol–water partition coefficient (Wildman–Crippen LogP) is 0.723. The van der Waals surface area contributed by atoms with Crippen LogP contribution in [0.1, 0.15) is 43.2 Å². The first kappa shape index (κ1) is 32.1. The molecule has 3 N–H and O–H groups in total. The van der Waals surface area contributed by atoms with Gasteiger partial charge in [-0.25, -0.2) is 21.9 Å². The second kappa shape index (κ2) is 14.5. The van der Waals surface area contributed by atoms with E-state index in [-0.39, 0.29) is 26.1 Å². The van der Waals surface area contributed by atoms with E-state index in [2.05, 4.69) is 15.4 Å². The number of hydrogen-bond acceptors (Lipinski definition) is 6. The third-order valence-corrected chi connectivity index (χ3v) is 8.60. The molecular formula is C29H39BF2N4O5S. The summed E-state index contributed by atoms with van der Waals surface area (Å²) in [7, 11) is -1.93. The second-order valence-electron chi connectivity index (χ2n) is 11.3. The van der Waals surface area contributed by atoms with Gasteiger partial charge in [0.1, 0.15) is 31.6 Å². The predicted molar refractivity (Wildman–Crippen MR) is 158 cm³/mol. The van der Waals surface area contributed by atoms with Crippen LogP contribution in [0.3, 0.4) is 0 Å². The topological polar surface area (TPSA) is 117 Å². The Balaban J connectivity index is 1.49. The summed E-state index contributed by atoms with van der Waals surface area (Å²) in [6.07, 6.45) is 3.47. The highest BCUT2D eigenvalue weighted by atomic mass is 32.2. The van der Waals surface area contributed by atoms with Crippen LogP contribution in [0.25, 0.3) is 0 Å². The van der Waals surface area contributed by atoms with Crippen LogP contribution in [0.5, 0.6) is 0 Å². The first-order valence-corrected chi connectivity index (χ1v) is 16.2. The van der Waals surface area contributed by atoms with Crippen LogP contribution >= 0.6 is 0 Å². The summed E-state index contributed by atoms with van der Waals surface area (Å²) >= 11 is 0. The Morgan fingerprint density at radius 1 is 1.14 bits per heavy atom. The third-order valence-electron chi connectivity index (χ3n) is 7.89. The van der Waals surface area contributed by atoms with Crippen LogP contribution in [0, 0.1) is 17.6 Å². The molecule has 4 rings (SSSR count). The Hall–Kier alpha value is -2.87. The minimum absolute atomic E-state index is 0.0382. The number of ether oxygens (including phenoxy) is 1. The van der Waals surface area contributed by atoms with Crippen molar-refractivity contribution in [2.75, 3.05) is 25.9 Å². The van der Waals surface area contributed by atoms with Crippen LogP contribution in [0.15, 0.2) is 42.5 Å². The Morgan fingerprint density at radius 3 is 2.52 bits per heavy atom. The first-order valence-electron chi connectivity index (χ1n) is 14.4. The van der Waals surface area contributed by atoms with Gasteiger partial charge >= 0.3 is 0 Å². The summed E-state index contributed by atoms with van der Waals surface area (Å²) in [6, 6.07) is 8.59. The van der Waals surface area contributed by atoms with E-state index in [4.69, 9.17) is 4.74 Å². The molecule has 13 heteroatoms. The molecule has 0 saturated carbocycles. The molecule has 0 spiro atoms. The fraction of sp³-hybridized carbons (Fsp3) is 0.517. The van der Waals surface area contributed by atoms with Crippen molar-refractivity contribution in [3.8, 4) is 0 Å². The quantitative estimate of drug-likeness (QED) is 0.308. The number of amides is 2. The molecule has 9 nitrogen and oxygen atoms in total. The highest BCUT2D eigenvalue weighted by molar-refractivity contribution is 7.88. The molecule has 2 aliphatic rings. The number of benzene rings is 2. The van der Waals surface area contributed by atoms with Crippen molar-refractivity contribution in [1.82, 2.24) is 20.3 Å². The number of carbonyl (C=O) groups is 2. The van der Waals surface area contributed by atoms with Crippen LogP contribution in [-0.2, 0) is 37.5 Å². The average molecular weight is 605 g/mol. The molecular weight excluding hydrogens is 565 g/mol. The highest BCUT2D eigenvalue weighted by Crippen LogP contribution is 2.26. The van der Waals surface area contributed by atoms with E-state index < -0.39 is 51.7 Å². The summed E-state index contributed by atoms with van der Waals surface area (Å²) in [4.78, 5) is 28.6. The molecule has 3 atom stereocenters. The number of carbonyl (C=O) groups excluding carboxylic acids is 2. The smallest absolute Gasteiger partial charge is 0.243 e. The summed E-state index contributed by atoms with van der Waals surface area (Å²) in [5.74, 6) is -1.35. The van der Waals surface area contributed by atoms with E-state index in [1.807, 2.05) is 0 Å². The molecule has 0 aromatic heterocycles. The number of piperidine rings is 1. The molecule has 2 amide bonds. The van der Waals surface area contributed by atoms with Crippen molar-refractivity contribution >= 4 is 35.1 Å². The molecule has 2 fully saturated rings. The van der Waals surface area contributed by atoms with Gasteiger partial charge in [-0.3, -0.25) is 9.59 Å². The average Bonchev–Trinajstić information content (AvgIpc) is 3.38. The maximum atomic E-state index is 14.4. The molecule has 2 heterocycles. The molecule has 2 aromatic rings. The first-order chi connectivity index (χ1) is 20.0. The Labute approximate surface area is 247 Å². The van der Waals surface area contributed by atoms with Gasteiger partial charge in [-0.1, -0.05) is 29.7 Å². The third kappa shape index (κ3) is 9.32. The summed E-state index contributed by atoms with van der Waals surface area (Å²) in [6.45, 7) is 1.90. The Bertz CT molecular complexity index is 1340. The van der Waals surface area contributed by atoms with Gasteiger partial charge in [0.15, 0.2) is 0 Å². The summed E-state index contributed by atoms with van der Waals surface area (Å²) in [5, 5.41) is 6.11. The van der Waals surface area contributed by atoms with Gasteiger partial charge in [0.2, 0.25) is 21.8 Å². The standard InChI is InChI=1S/C29H39BF2N4O5S/c1-42(39,40)35-26(9-4-19-10-12-33-13-11-19)29(38)36-17-24(41-18-21-5-6-22(30)14-25(21)32)15-27(36)28(37)34-16-20-2-7-23(31)8-3-20/h2-3,5-8,14,19,24,26-27,33,35H,4,9-13,15-18,30H2,1H3,(H,34,37)/t24-,26-,27+/m1/s1. The maximum Gasteiger partial charge on any atom is 0.243 e. The largest absolute Gasteiger partial charge is 0.371 e. The second-order valence-corrected chi connectivity index (χ2v) is 13.1. The number of rotatable bonds is 12. The van der Waals surface area contributed by atoms with Gasteiger partial charge in [0, 0.05) is 25.1 Å². The van der Waals surface area contributed by atoms with Crippen molar-refractivity contribution in [3.63, 3.8) is 0 Å². The fourth-order valence-electron chi connectivity index (χ4n) is 5.56. The lowest BCUT2D eigenvalue weighted by molar-refractivity contribution is -0.140. The Kier molecular flexibility index (Phi) is 11.1. The van der Waals surface area contributed by atoms with Gasteiger partial charge in [0.05, 0.1) is 19.0 Å². The zero-order chi connectivity index (χ0) is 30.3. The number of likely N-dealkylation sites (tertiary alicyclic amines) is 1. The summed E-state index contributed by atoms with van der Waals surface area (Å²) < 4.78 is 60.7. The number of sulfonamides is 1. The van der Waals surface area contributed by atoms with E-state index in [1.54, 1.807) is 32.1 Å². The van der Waals surface area contributed by atoms with Crippen molar-refractivity contribution in [2.24, 2.45) is 5.92 Å². The molecule has 2 aliphatic heterocycles. The fourth-order valence-corrected chi connectivity index (χ4v) is 6.30. The van der Waals surface area contributed by atoms with Crippen LogP contribution in [0.2, 0.25) is 0 Å². The number of hydrogen-bond donors (Lipinski definition) is 3. The minimum Gasteiger partial charge on any atom is -0.371 e. The van der Waals surface area contributed by atoms with Crippen molar-refractivity contribution in [1.29, 1.82) is 0 Å². The zero-order valence-electron chi connectivity index (χ0n) is 24.1. The van der Waals surface area contributed by atoms with E-state index in [0.717, 1.165) is 37.6 Å². The number of nitrogens with zero attached hydrogens (tertiary/aromatic N) is 1. The lowest BCUT2D eigenvalue weighted by atomic mass is 9.91. The van der Waals surface area contributed by atoms with Gasteiger partial charge in [-0.15, -0.1) is 0 Å². The summed E-state index contributed by atoms with van der Waals surface area (Å²) in [5.41, 5.74) is 1.82. The Morgan fingerprint density at radius 2 is 1.86 bits per heavy atom. The number of halogens is 2. The molecule has 2 aromatic carbocycles. The highest BCUT2D eigenvalue weighted by Gasteiger charge is 2.42. The molecule has 2 saturated heterocycles. The van der Waals surface area contributed by atoms with Crippen molar-refractivity contribution in [3.05, 3.63) is 65.2 Å². The van der Waals surface area contributed by atoms with Gasteiger partial charge in [-0.2, -0.15) is 0 Å². The van der Waals surface area contributed by atoms with Crippen molar-refractivity contribution < 1.29 is 31.5 Å². The molecule has 0 bridgehead atoms. The minimum atomic E-state index is -3.72. The monoisotopic (exact) mass is 604 g/mol. The van der Waals surface area contributed by atoms with E-state index in [0.29, 0.717) is 29.9 Å². The molecule has 0 aliphatic carbocycles. The molecule has 228 valence electrons. The van der Waals surface area contributed by atoms with Gasteiger partial charge in [-0.05, 0) is 68.5 Å². The molecule has 42 heavy (non-hydrogen) atoms. The zero-order valence-corrected chi connectivity index (χ0v) is 24.9. The van der Waals surface area contributed by atoms with Crippen LogP contribution in [0.4, 0.5) is 8.78 Å². The SMILES string of the molecule is Bc1ccc(CO[C@@H]2C[C@@H](C(=O)NCc3ccc(F)cc3)N(C(=O)[C@@H](CCC3CCNCC3)NS(C)(=O)=O)C2)c(F)c1. The molecule has 0 radical (unpaired) electrons. The van der Waals surface area contributed by atoms with Crippen LogP contribution in [-0.4, -0.2) is 77.1 Å². The molecule has 0 unspecified atom stereocenters. The van der Waals surface area contributed by atoms with E-state index in [1.165, 1.54) is 23.1 Å². The van der Waals surface area contributed by atoms with E-state index in [9.17, 15) is 26.8 Å². The number of nitrogens with one attached hydrogen (secondary N) is 3. The van der Waals surface area contributed by atoms with Gasteiger partial charge < -0.3 is 20.3 Å². The van der Waals surface area contributed by atoms with E-state index >= 15 is 0 Å². The maximum absolute atomic E-state index is 14.4. The normalized spacial score (nSPS) is 20.4. The van der Waals surface area contributed by atoms with Gasteiger partial charge in [0.25, 0.3) is 0 Å². The van der Waals surface area contributed by atoms with Crippen molar-refractivity contribution in [2.45, 2.75) is 63.4 Å². The lowest BCUT2D eigenvalue weighted by Gasteiger charge is -2.30.